The number of anilines is 1. The van der Waals surface area contributed by atoms with Crippen molar-refractivity contribution in [1.82, 2.24) is 10.6 Å². The first-order valence-electron chi connectivity index (χ1n) is 5.96. The largest absolute Gasteiger partial charge is 0.355 e. The van der Waals surface area contributed by atoms with Crippen molar-refractivity contribution < 1.29 is 9.59 Å². The van der Waals surface area contributed by atoms with E-state index in [0.717, 1.165) is 18.7 Å². The SMILES string of the molecule is CNC(=O)c1ccc(C)c(NC(=O)C2CNC2)c1. The molecule has 18 heavy (non-hydrogen) atoms. The minimum atomic E-state index is -0.157. The summed E-state index contributed by atoms with van der Waals surface area (Å²) in [5, 5.41) is 8.49. The molecule has 2 rings (SSSR count). The van der Waals surface area contributed by atoms with Crippen molar-refractivity contribution >= 4 is 17.5 Å². The molecular weight excluding hydrogens is 230 g/mol. The highest BCUT2D eigenvalue weighted by atomic mass is 16.2. The van der Waals surface area contributed by atoms with E-state index in [4.69, 9.17) is 0 Å². The van der Waals surface area contributed by atoms with Crippen LogP contribution in [0.25, 0.3) is 0 Å². The van der Waals surface area contributed by atoms with Gasteiger partial charge in [-0.2, -0.15) is 0 Å². The lowest BCUT2D eigenvalue weighted by Gasteiger charge is -2.26. The third-order valence-corrected chi connectivity index (χ3v) is 3.14. The van der Waals surface area contributed by atoms with Gasteiger partial charge >= 0.3 is 0 Å². The lowest BCUT2D eigenvalue weighted by atomic mass is 10.0. The molecule has 0 aliphatic carbocycles. The van der Waals surface area contributed by atoms with Crippen molar-refractivity contribution in [2.75, 3.05) is 25.5 Å². The number of hydrogen-bond donors (Lipinski definition) is 3. The van der Waals surface area contributed by atoms with Crippen LogP contribution in [0.4, 0.5) is 5.69 Å². The van der Waals surface area contributed by atoms with Gasteiger partial charge in [-0.3, -0.25) is 9.59 Å². The summed E-state index contributed by atoms with van der Waals surface area (Å²) >= 11 is 0. The van der Waals surface area contributed by atoms with Crippen LogP contribution in [0.5, 0.6) is 0 Å². The van der Waals surface area contributed by atoms with E-state index in [0.29, 0.717) is 11.3 Å². The zero-order chi connectivity index (χ0) is 13.1. The number of benzene rings is 1. The molecule has 1 heterocycles. The fourth-order valence-electron chi connectivity index (χ4n) is 1.75. The van der Waals surface area contributed by atoms with Gasteiger partial charge in [-0.1, -0.05) is 6.07 Å². The number of carbonyl (C=O) groups excluding carboxylic acids is 2. The highest BCUT2D eigenvalue weighted by molar-refractivity contribution is 5.98. The van der Waals surface area contributed by atoms with Gasteiger partial charge in [0.05, 0.1) is 5.92 Å². The molecule has 0 atom stereocenters. The van der Waals surface area contributed by atoms with E-state index < -0.39 is 0 Å². The van der Waals surface area contributed by atoms with Crippen LogP contribution in [-0.2, 0) is 4.79 Å². The lowest BCUT2D eigenvalue weighted by Crippen LogP contribution is -2.48. The molecule has 0 bridgehead atoms. The Morgan fingerprint density at radius 2 is 2.06 bits per heavy atom. The first kappa shape index (κ1) is 12.6. The molecular formula is C13H17N3O2. The van der Waals surface area contributed by atoms with Gasteiger partial charge in [0, 0.05) is 31.4 Å². The predicted molar refractivity (Wildman–Crippen MR) is 69.6 cm³/mol. The number of nitrogens with one attached hydrogen (secondary N) is 3. The quantitative estimate of drug-likeness (QED) is 0.729. The maximum Gasteiger partial charge on any atom is 0.251 e. The van der Waals surface area contributed by atoms with E-state index in [9.17, 15) is 9.59 Å². The molecule has 3 N–H and O–H groups in total. The zero-order valence-electron chi connectivity index (χ0n) is 10.5. The zero-order valence-corrected chi connectivity index (χ0v) is 10.5. The van der Waals surface area contributed by atoms with Crippen LogP contribution in [-0.4, -0.2) is 32.0 Å². The smallest absolute Gasteiger partial charge is 0.251 e. The summed E-state index contributed by atoms with van der Waals surface area (Å²) in [6.07, 6.45) is 0. The van der Waals surface area contributed by atoms with Crippen LogP contribution in [0.3, 0.4) is 0 Å². The molecule has 0 unspecified atom stereocenters. The average Bonchev–Trinajstić information content (AvgIpc) is 2.28. The highest BCUT2D eigenvalue weighted by Gasteiger charge is 2.25. The summed E-state index contributed by atoms with van der Waals surface area (Å²) < 4.78 is 0. The number of hydrogen-bond acceptors (Lipinski definition) is 3. The second-order valence-electron chi connectivity index (χ2n) is 4.45. The number of amides is 2. The van der Waals surface area contributed by atoms with Gasteiger partial charge in [0.15, 0.2) is 0 Å². The minimum Gasteiger partial charge on any atom is -0.355 e. The third-order valence-electron chi connectivity index (χ3n) is 3.14. The van der Waals surface area contributed by atoms with Crippen molar-refractivity contribution in [3.05, 3.63) is 29.3 Å². The molecule has 1 aromatic carbocycles. The van der Waals surface area contributed by atoms with Crippen LogP contribution in [0, 0.1) is 12.8 Å². The molecule has 0 saturated carbocycles. The average molecular weight is 247 g/mol. The molecule has 1 fully saturated rings. The van der Waals surface area contributed by atoms with Gasteiger partial charge in [0.2, 0.25) is 5.91 Å². The maximum atomic E-state index is 11.8. The summed E-state index contributed by atoms with van der Waals surface area (Å²) in [7, 11) is 1.58. The Hall–Kier alpha value is -1.88. The number of rotatable bonds is 3. The van der Waals surface area contributed by atoms with E-state index in [-0.39, 0.29) is 17.7 Å². The number of carbonyl (C=O) groups is 2. The Kier molecular flexibility index (Phi) is 3.62. The molecule has 1 aliphatic heterocycles. The summed E-state index contributed by atoms with van der Waals surface area (Å²) in [5.74, 6) is -0.116. The summed E-state index contributed by atoms with van der Waals surface area (Å²) in [6, 6.07) is 5.28. The monoisotopic (exact) mass is 247 g/mol. The molecule has 5 nitrogen and oxygen atoms in total. The van der Waals surface area contributed by atoms with Crippen molar-refractivity contribution in [2.24, 2.45) is 5.92 Å². The molecule has 0 radical (unpaired) electrons. The highest BCUT2D eigenvalue weighted by Crippen LogP contribution is 2.18. The van der Waals surface area contributed by atoms with Crippen LogP contribution < -0.4 is 16.0 Å². The van der Waals surface area contributed by atoms with E-state index in [1.165, 1.54) is 0 Å². The molecule has 1 aliphatic rings. The van der Waals surface area contributed by atoms with Crippen LogP contribution in [0.15, 0.2) is 18.2 Å². The van der Waals surface area contributed by atoms with Crippen molar-refractivity contribution in [2.45, 2.75) is 6.92 Å². The molecule has 5 heteroatoms. The predicted octanol–water partition coefficient (Wildman–Crippen LogP) is 0.513. The molecule has 0 spiro atoms. The second kappa shape index (κ2) is 5.18. The Bertz CT molecular complexity index is 481. The van der Waals surface area contributed by atoms with Crippen molar-refractivity contribution in [3.63, 3.8) is 0 Å². The van der Waals surface area contributed by atoms with Crippen molar-refractivity contribution in [1.29, 1.82) is 0 Å². The van der Waals surface area contributed by atoms with E-state index >= 15 is 0 Å². The Balaban J connectivity index is 2.15. The first-order chi connectivity index (χ1) is 8.61. The summed E-state index contributed by atoms with van der Waals surface area (Å²) in [5.41, 5.74) is 2.20. The first-order valence-corrected chi connectivity index (χ1v) is 5.96. The fraction of sp³-hybridized carbons (Fsp3) is 0.385. The van der Waals surface area contributed by atoms with Gasteiger partial charge in [0.1, 0.15) is 0 Å². The van der Waals surface area contributed by atoms with Gasteiger partial charge in [-0.25, -0.2) is 0 Å². The topological polar surface area (TPSA) is 70.2 Å². The van der Waals surface area contributed by atoms with E-state index in [1.807, 2.05) is 13.0 Å². The van der Waals surface area contributed by atoms with E-state index in [1.54, 1.807) is 19.2 Å². The minimum absolute atomic E-state index is 0.00547. The Morgan fingerprint density at radius 3 is 2.61 bits per heavy atom. The van der Waals surface area contributed by atoms with E-state index in [2.05, 4.69) is 16.0 Å². The molecule has 96 valence electrons. The van der Waals surface area contributed by atoms with Crippen LogP contribution in [0.1, 0.15) is 15.9 Å². The summed E-state index contributed by atoms with van der Waals surface area (Å²) in [4.78, 5) is 23.4. The molecule has 1 aromatic rings. The van der Waals surface area contributed by atoms with Crippen molar-refractivity contribution in [3.8, 4) is 0 Å². The van der Waals surface area contributed by atoms with Crippen LogP contribution >= 0.6 is 0 Å². The second-order valence-corrected chi connectivity index (χ2v) is 4.45. The lowest BCUT2D eigenvalue weighted by molar-refractivity contribution is -0.121. The normalized spacial score (nSPS) is 14.8. The fourth-order valence-corrected chi connectivity index (χ4v) is 1.75. The molecule has 2 amide bonds. The maximum absolute atomic E-state index is 11.8. The van der Waals surface area contributed by atoms with Crippen LogP contribution in [0.2, 0.25) is 0 Å². The third kappa shape index (κ3) is 2.51. The summed E-state index contributed by atoms with van der Waals surface area (Å²) in [6.45, 7) is 3.35. The van der Waals surface area contributed by atoms with Gasteiger partial charge in [-0.15, -0.1) is 0 Å². The Labute approximate surface area is 106 Å². The molecule has 1 saturated heterocycles. The van der Waals surface area contributed by atoms with Gasteiger partial charge in [-0.05, 0) is 24.6 Å². The molecule has 0 aromatic heterocycles. The Morgan fingerprint density at radius 1 is 1.33 bits per heavy atom. The van der Waals surface area contributed by atoms with Gasteiger partial charge < -0.3 is 16.0 Å². The standard InChI is InChI=1S/C13H17N3O2/c1-8-3-4-9(12(17)14-2)5-11(8)16-13(18)10-6-15-7-10/h3-5,10,15H,6-7H2,1-2H3,(H,14,17)(H,16,18). The number of aryl methyl sites for hydroxylation is 1. The van der Waals surface area contributed by atoms with Gasteiger partial charge in [0.25, 0.3) is 5.91 Å².